The molecular weight excluding hydrogens is 162 g/mol. The smallest absolute Gasteiger partial charge is 0.0910 e. The summed E-state index contributed by atoms with van der Waals surface area (Å²) in [4.78, 5) is 0. The molecule has 0 bridgehead atoms. The third kappa shape index (κ3) is 2.87. The summed E-state index contributed by atoms with van der Waals surface area (Å²) >= 11 is 0. The molecule has 0 aromatic heterocycles. The number of nitrogens with one attached hydrogen (secondary N) is 1. The van der Waals surface area contributed by atoms with Crippen molar-refractivity contribution in [3.05, 3.63) is 30.3 Å². The summed E-state index contributed by atoms with van der Waals surface area (Å²) in [6.45, 7) is 7.22. The number of hydrazone groups is 1. The lowest BCUT2D eigenvalue weighted by Crippen LogP contribution is -2.29. The van der Waals surface area contributed by atoms with Crippen LogP contribution in [0.3, 0.4) is 0 Å². The van der Waals surface area contributed by atoms with Crippen LogP contribution in [0.1, 0.15) is 6.92 Å². The number of benzene rings is 1. The largest absolute Gasteiger partial charge is 0.299 e. The normalized spacial score (nSPS) is 9.62. The summed E-state index contributed by atoms with van der Waals surface area (Å²) < 4.78 is 0. The van der Waals surface area contributed by atoms with E-state index < -0.39 is 0 Å². The summed E-state index contributed by atoms with van der Waals surface area (Å²) in [6.07, 6.45) is 0. The number of hydrogen-bond donors (Lipinski definition) is 1. The number of rotatable bonds is 5. The van der Waals surface area contributed by atoms with E-state index in [1.54, 1.807) is 0 Å². The molecule has 0 radical (unpaired) electrons. The Labute approximate surface area is 79.1 Å². The van der Waals surface area contributed by atoms with Crippen LogP contribution in [0, 0.1) is 0 Å². The Morgan fingerprint density at radius 2 is 2.08 bits per heavy atom. The van der Waals surface area contributed by atoms with Crippen molar-refractivity contribution in [1.82, 2.24) is 5.32 Å². The molecule has 0 saturated heterocycles. The van der Waals surface area contributed by atoms with Crippen LogP contribution in [0.5, 0.6) is 0 Å². The van der Waals surface area contributed by atoms with Gasteiger partial charge in [0.1, 0.15) is 0 Å². The van der Waals surface area contributed by atoms with Crippen molar-refractivity contribution in [2.24, 2.45) is 5.10 Å². The first-order chi connectivity index (χ1) is 6.38. The zero-order valence-electron chi connectivity index (χ0n) is 7.90. The molecule has 0 spiro atoms. The Kier molecular flexibility index (Phi) is 3.99. The molecule has 1 rings (SSSR count). The van der Waals surface area contributed by atoms with Gasteiger partial charge in [0.15, 0.2) is 0 Å². The minimum Gasteiger partial charge on any atom is -0.299 e. The van der Waals surface area contributed by atoms with E-state index in [1.165, 1.54) is 0 Å². The Bertz CT molecular complexity index is 246. The summed E-state index contributed by atoms with van der Waals surface area (Å²) in [6, 6.07) is 9.97. The average Bonchev–Trinajstić information content (AvgIpc) is 2.21. The second kappa shape index (κ2) is 5.32. The highest BCUT2D eigenvalue weighted by Crippen LogP contribution is 2.11. The second-order valence-electron chi connectivity index (χ2n) is 2.64. The third-order valence-electron chi connectivity index (χ3n) is 1.74. The molecule has 3 nitrogen and oxygen atoms in total. The van der Waals surface area contributed by atoms with Gasteiger partial charge in [0.2, 0.25) is 0 Å². The van der Waals surface area contributed by atoms with Crippen LogP contribution in [0.25, 0.3) is 0 Å². The molecule has 1 aromatic rings. The van der Waals surface area contributed by atoms with Crippen LogP contribution in [0.15, 0.2) is 35.4 Å². The van der Waals surface area contributed by atoms with Crippen molar-refractivity contribution >= 4 is 12.4 Å². The number of para-hydroxylation sites is 1. The van der Waals surface area contributed by atoms with Gasteiger partial charge in [0.25, 0.3) is 0 Å². The molecule has 0 atom stereocenters. The van der Waals surface area contributed by atoms with E-state index in [-0.39, 0.29) is 0 Å². The van der Waals surface area contributed by atoms with Crippen molar-refractivity contribution in [2.75, 3.05) is 18.2 Å². The van der Waals surface area contributed by atoms with Gasteiger partial charge >= 0.3 is 0 Å². The highest BCUT2D eigenvalue weighted by atomic mass is 15.5. The van der Waals surface area contributed by atoms with Gasteiger partial charge in [-0.2, -0.15) is 5.10 Å². The Hall–Kier alpha value is -1.35. The van der Waals surface area contributed by atoms with Crippen LogP contribution in [-0.4, -0.2) is 19.9 Å². The van der Waals surface area contributed by atoms with Gasteiger partial charge in [0.05, 0.1) is 12.4 Å². The van der Waals surface area contributed by atoms with Crippen molar-refractivity contribution in [3.63, 3.8) is 0 Å². The molecule has 1 aromatic carbocycles. The minimum atomic E-state index is 0.698. The molecule has 1 N–H and O–H groups in total. The molecular formula is C10H15N3. The zero-order chi connectivity index (χ0) is 9.52. The Balaban J connectivity index is 2.61. The van der Waals surface area contributed by atoms with Gasteiger partial charge in [-0.3, -0.25) is 10.3 Å². The standard InChI is InChI=1S/C10H15N3/c1-3-12-9-13(11-2)10-7-5-4-6-8-10/h4-8,12H,2-3,9H2,1H3. The highest BCUT2D eigenvalue weighted by molar-refractivity contribution is 5.47. The molecule has 0 aliphatic carbocycles. The summed E-state index contributed by atoms with van der Waals surface area (Å²) in [7, 11) is 0. The van der Waals surface area contributed by atoms with Crippen LogP contribution >= 0.6 is 0 Å². The zero-order valence-corrected chi connectivity index (χ0v) is 7.90. The highest BCUT2D eigenvalue weighted by Gasteiger charge is 1.99. The van der Waals surface area contributed by atoms with Crippen LogP contribution in [0.2, 0.25) is 0 Å². The summed E-state index contributed by atoms with van der Waals surface area (Å²) in [5.41, 5.74) is 1.05. The maximum absolute atomic E-state index is 3.92. The molecule has 70 valence electrons. The van der Waals surface area contributed by atoms with Gasteiger partial charge < -0.3 is 0 Å². The molecule has 3 heteroatoms. The van der Waals surface area contributed by atoms with Gasteiger partial charge in [-0.05, 0) is 18.7 Å². The second-order valence-corrected chi connectivity index (χ2v) is 2.64. The molecule has 0 unspecified atom stereocenters. The van der Waals surface area contributed by atoms with Crippen molar-refractivity contribution in [1.29, 1.82) is 0 Å². The predicted octanol–water partition coefficient (Wildman–Crippen LogP) is 1.68. The Morgan fingerprint density at radius 1 is 1.38 bits per heavy atom. The maximum Gasteiger partial charge on any atom is 0.0910 e. The minimum absolute atomic E-state index is 0.698. The van der Waals surface area contributed by atoms with Crippen molar-refractivity contribution in [2.45, 2.75) is 6.92 Å². The van der Waals surface area contributed by atoms with E-state index in [1.807, 2.05) is 35.3 Å². The van der Waals surface area contributed by atoms with Gasteiger partial charge in [-0.25, -0.2) is 0 Å². The average molecular weight is 177 g/mol. The topological polar surface area (TPSA) is 27.6 Å². The molecule has 13 heavy (non-hydrogen) atoms. The Morgan fingerprint density at radius 3 is 2.62 bits per heavy atom. The van der Waals surface area contributed by atoms with E-state index >= 15 is 0 Å². The predicted molar refractivity (Wildman–Crippen MR) is 57.0 cm³/mol. The molecule has 0 aliphatic rings. The fourth-order valence-corrected chi connectivity index (χ4v) is 1.04. The third-order valence-corrected chi connectivity index (χ3v) is 1.74. The number of nitrogens with zero attached hydrogens (tertiary/aromatic N) is 2. The first-order valence-electron chi connectivity index (χ1n) is 4.38. The fraction of sp³-hybridized carbons (Fsp3) is 0.300. The van der Waals surface area contributed by atoms with Crippen LogP contribution in [0.4, 0.5) is 5.69 Å². The van der Waals surface area contributed by atoms with E-state index in [9.17, 15) is 0 Å². The molecule has 0 amide bonds. The van der Waals surface area contributed by atoms with E-state index in [4.69, 9.17) is 0 Å². The van der Waals surface area contributed by atoms with Crippen molar-refractivity contribution < 1.29 is 0 Å². The van der Waals surface area contributed by atoms with E-state index in [0.29, 0.717) is 6.67 Å². The lowest BCUT2D eigenvalue weighted by molar-refractivity contribution is 0.687. The molecule has 0 fully saturated rings. The summed E-state index contributed by atoms with van der Waals surface area (Å²) in [5, 5.41) is 8.93. The molecule has 0 heterocycles. The monoisotopic (exact) mass is 177 g/mol. The lowest BCUT2D eigenvalue weighted by Gasteiger charge is -2.18. The quantitative estimate of drug-likeness (QED) is 0.421. The first kappa shape index (κ1) is 9.74. The molecule has 0 aliphatic heterocycles. The SMILES string of the molecule is C=NN(CNCC)c1ccccc1. The fourth-order valence-electron chi connectivity index (χ4n) is 1.04. The van der Waals surface area contributed by atoms with Crippen LogP contribution < -0.4 is 10.3 Å². The first-order valence-corrected chi connectivity index (χ1v) is 4.38. The number of anilines is 1. The molecule has 0 saturated carbocycles. The number of hydrogen-bond acceptors (Lipinski definition) is 3. The van der Waals surface area contributed by atoms with E-state index in [2.05, 4.69) is 24.1 Å². The lowest BCUT2D eigenvalue weighted by atomic mass is 10.3. The van der Waals surface area contributed by atoms with Gasteiger partial charge in [0, 0.05) is 6.72 Å². The maximum atomic E-state index is 3.92. The van der Waals surface area contributed by atoms with Crippen LogP contribution in [-0.2, 0) is 0 Å². The van der Waals surface area contributed by atoms with Crippen molar-refractivity contribution in [3.8, 4) is 0 Å². The van der Waals surface area contributed by atoms with E-state index in [0.717, 1.165) is 12.2 Å². The summed E-state index contributed by atoms with van der Waals surface area (Å²) in [5.74, 6) is 0. The van der Waals surface area contributed by atoms with Gasteiger partial charge in [-0.1, -0.05) is 25.1 Å². The van der Waals surface area contributed by atoms with Gasteiger partial charge in [-0.15, -0.1) is 0 Å².